The second-order valence-corrected chi connectivity index (χ2v) is 6.17. The molecule has 0 atom stereocenters. The van der Waals surface area contributed by atoms with E-state index in [0.29, 0.717) is 0 Å². The maximum absolute atomic E-state index is 3.56. The highest BCUT2D eigenvalue weighted by Crippen LogP contribution is 2.10. The maximum atomic E-state index is 3.56. The van der Waals surface area contributed by atoms with Crippen LogP contribution in [0.3, 0.4) is 0 Å². The minimum absolute atomic E-state index is 0. The molecule has 0 aliphatic heterocycles. The molecule has 0 spiro atoms. The maximum Gasteiger partial charge on any atom is -0.000835 e. The summed E-state index contributed by atoms with van der Waals surface area (Å²) in [6.45, 7) is 4.58. The zero-order valence-corrected chi connectivity index (χ0v) is 15.3. The summed E-state index contributed by atoms with van der Waals surface area (Å²) in [5.41, 5.74) is 1.44. The van der Waals surface area contributed by atoms with Gasteiger partial charge in [-0.25, -0.2) is 0 Å². The molecular formula is C20H36ClN. The van der Waals surface area contributed by atoms with Crippen LogP contribution in [-0.4, -0.2) is 13.1 Å². The molecule has 1 nitrogen and oxygen atoms in total. The Hall–Kier alpha value is -0.530. The number of unbranched alkanes of at least 4 members (excludes halogenated alkanes) is 9. The molecule has 1 rings (SSSR count). The van der Waals surface area contributed by atoms with Gasteiger partial charge in [-0.15, -0.1) is 12.4 Å². The van der Waals surface area contributed by atoms with E-state index in [1.54, 1.807) is 0 Å². The molecule has 0 aliphatic carbocycles. The van der Waals surface area contributed by atoms with Crippen LogP contribution in [0.1, 0.15) is 76.7 Å². The fourth-order valence-electron chi connectivity index (χ4n) is 2.74. The molecular weight excluding hydrogens is 290 g/mol. The Kier molecular flexibility index (Phi) is 16.4. The van der Waals surface area contributed by atoms with Gasteiger partial charge in [0.2, 0.25) is 0 Å². The van der Waals surface area contributed by atoms with Crippen molar-refractivity contribution in [2.24, 2.45) is 0 Å². The fourth-order valence-corrected chi connectivity index (χ4v) is 2.74. The van der Waals surface area contributed by atoms with E-state index in [4.69, 9.17) is 0 Å². The SMILES string of the molecule is CCCCCCCCCCCCNCCc1ccccc1.Cl. The fraction of sp³-hybridized carbons (Fsp3) is 0.700. The quantitative estimate of drug-likeness (QED) is 0.404. The second-order valence-electron chi connectivity index (χ2n) is 6.17. The van der Waals surface area contributed by atoms with Crippen molar-refractivity contribution in [3.05, 3.63) is 35.9 Å². The molecule has 1 aromatic rings. The van der Waals surface area contributed by atoms with Crippen LogP contribution in [-0.2, 0) is 6.42 Å². The summed E-state index contributed by atoms with van der Waals surface area (Å²) in [6.07, 6.45) is 15.3. The Morgan fingerprint density at radius 1 is 0.682 bits per heavy atom. The van der Waals surface area contributed by atoms with Gasteiger partial charge in [0.25, 0.3) is 0 Å². The number of nitrogens with one attached hydrogen (secondary N) is 1. The van der Waals surface area contributed by atoms with Crippen molar-refractivity contribution in [1.82, 2.24) is 5.32 Å². The highest BCUT2D eigenvalue weighted by atomic mass is 35.5. The number of hydrogen-bond donors (Lipinski definition) is 1. The Morgan fingerprint density at radius 3 is 1.82 bits per heavy atom. The van der Waals surface area contributed by atoms with E-state index in [0.717, 1.165) is 13.0 Å². The first-order chi connectivity index (χ1) is 10.4. The first kappa shape index (κ1) is 21.5. The summed E-state index contributed by atoms with van der Waals surface area (Å²) >= 11 is 0. The number of halogens is 1. The molecule has 1 aromatic carbocycles. The van der Waals surface area contributed by atoms with Gasteiger partial charge < -0.3 is 5.32 Å². The van der Waals surface area contributed by atoms with Gasteiger partial charge >= 0.3 is 0 Å². The van der Waals surface area contributed by atoms with Gasteiger partial charge in [0.1, 0.15) is 0 Å². The van der Waals surface area contributed by atoms with E-state index < -0.39 is 0 Å². The van der Waals surface area contributed by atoms with Crippen LogP contribution in [0, 0.1) is 0 Å². The molecule has 1 N–H and O–H groups in total. The lowest BCUT2D eigenvalue weighted by Gasteiger charge is -2.05. The summed E-state index contributed by atoms with van der Waals surface area (Å²) in [5, 5.41) is 3.56. The van der Waals surface area contributed by atoms with Crippen LogP contribution in [0.15, 0.2) is 30.3 Å². The highest BCUT2D eigenvalue weighted by molar-refractivity contribution is 5.85. The van der Waals surface area contributed by atoms with Crippen molar-refractivity contribution in [3.63, 3.8) is 0 Å². The standard InChI is InChI=1S/C20H35N.ClH/c1-2-3-4-5-6-7-8-9-10-14-18-21-19-17-20-15-12-11-13-16-20;/h11-13,15-16,21H,2-10,14,17-19H2,1H3;1H. The molecule has 0 aromatic heterocycles. The van der Waals surface area contributed by atoms with Crippen LogP contribution >= 0.6 is 12.4 Å². The topological polar surface area (TPSA) is 12.0 Å². The van der Waals surface area contributed by atoms with Crippen LogP contribution in [0.5, 0.6) is 0 Å². The monoisotopic (exact) mass is 325 g/mol. The molecule has 0 aliphatic rings. The second kappa shape index (κ2) is 16.8. The molecule has 0 unspecified atom stereocenters. The largest absolute Gasteiger partial charge is 0.316 e. The molecule has 0 saturated carbocycles. The number of hydrogen-bond acceptors (Lipinski definition) is 1. The Bertz CT molecular complexity index is 313. The van der Waals surface area contributed by atoms with Gasteiger partial charge in [-0.05, 0) is 31.5 Å². The van der Waals surface area contributed by atoms with Gasteiger partial charge in [-0.3, -0.25) is 0 Å². The van der Waals surface area contributed by atoms with Crippen molar-refractivity contribution in [2.75, 3.05) is 13.1 Å². The average molecular weight is 326 g/mol. The third-order valence-electron chi connectivity index (χ3n) is 4.14. The van der Waals surface area contributed by atoms with Gasteiger partial charge in [-0.1, -0.05) is 95.0 Å². The molecule has 22 heavy (non-hydrogen) atoms. The predicted octanol–water partition coefficient (Wildman–Crippen LogP) is 6.16. The third-order valence-corrected chi connectivity index (χ3v) is 4.14. The molecule has 0 saturated heterocycles. The van der Waals surface area contributed by atoms with Gasteiger partial charge in [0.05, 0.1) is 0 Å². The van der Waals surface area contributed by atoms with E-state index in [9.17, 15) is 0 Å². The normalized spacial score (nSPS) is 10.4. The number of rotatable bonds is 14. The Balaban J connectivity index is 0.00000441. The van der Waals surface area contributed by atoms with E-state index in [-0.39, 0.29) is 12.4 Å². The third kappa shape index (κ3) is 13.2. The summed E-state index contributed by atoms with van der Waals surface area (Å²) in [4.78, 5) is 0. The lowest BCUT2D eigenvalue weighted by molar-refractivity contribution is 0.544. The molecule has 0 radical (unpaired) electrons. The lowest BCUT2D eigenvalue weighted by Crippen LogP contribution is -2.18. The van der Waals surface area contributed by atoms with E-state index in [1.807, 2.05) is 0 Å². The zero-order chi connectivity index (χ0) is 15.0. The van der Waals surface area contributed by atoms with Gasteiger partial charge in [0.15, 0.2) is 0 Å². The lowest BCUT2D eigenvalue weighted by atomic mass is 10.1. The van der Waals surface area contributed by atoms with Crippen molar-refractivity contribution < 1.29 is 0 Å². The molecule has 128 valence electrons. The zero-order valence-electron chi connectivity index (χ0n) is 14.5. The minimum Gasteiger partial charge on any atom is -0.316 e. The first-order valence-corrected chi connectivity index (χ1v) is 9.18. The Morgan fingerprint density at radius 2 is 1.23 bits per heavy atom. The van der Waals surface area contributed by atoms with Crippen molar-refractivity contribution in [1.29, 1.82) is 0 Å². The van der Waals surface area contributed by atoms with Crippen LogP contribution in [0.25, 0.3) is 0 Å². The summed E-state index contributed by atoms with van der Waals surface area (Å²) in [5.74, 6) is 0. The summed E-state index contributed by atoms with van der Waals surface area (Å²) in [6, 6.07) is 10.8. The Labute approximate surface area is 144 Å². The summed E-state index contributed by atoms with van der Waals surface area (Å²) in [7, 11) is 0. The smallest absolute Gasteiger partial charge is 0.000835 e. The van der Waals surface area contributed by atoms with Gasteiger partial charge in [-0.2, -0.15) is 0 Å². The van der Waals surface area contributed by atoms with E-state index >= 15 is 0 Å². The summed E-state index contributed by atoms with van der Waals surface area (Å²) < 4.78 is 0. The average Bonchev–Trinajstić information content (AvgIpc) is 2.53. The van der Waals surface area contributed by atoms with Crippen molar-refractivity contribution in [3.8, 4) is 0 Å². The predicted molar refractivity (Wildman–Crippen MR) is 102 cm³/mol. The molecule has 0 heterocycles. The van der Waals surface area contributed by atoms with E-state index in [2.05, 4.69) is 42.6 Å². The molecule has 2 heteroatoms. The minimum atomic E-state index is 0. The van der Waals surface area contributed by atoms with Crippen LogP contribution in [0.2, 0.25) is 0 Å². The highest BCUT2D eigenvalue weighted by Gasteiger charge is 1.94. The van der Waals surface area contributed by atoms with Crippen LogP contribution < -0.4 is 5.32 Å². The van der Waals surface area contributed by atoms with Crippen LogP contribution in [0.4, 0.5) is 0 Å². The van der Waals surface area contributed by atoms with Crippen molar-refractivity contribution >= 4 is 12.4 Å². The van der Waals surface area contributed by atoms with Crippen molar-refractivity contribution in [2.45, 2.75) is 77.6 Å². The van der Waals surface area contributed by atoms with Gasteiger partial charge in [0, 0.05) is 0 Å². The van der Waals surface area contributed by atoms with E-state index in [1.165, 1.54) is 76.3 Å². The molecule has 0 bridgehead atoms. The number of benzene rings is 1. The molecule has 0 fully saturated rings. The first-order valence-electron chi connectivity index (χ1n) is 9.18. The molecule has 0 amide bonds.